The summed E-state index contributed by atoms with van der Waals surface area (Å²) in [5.74, 6) is 0.227. The highest BCUT2D eigenvalue weighted by molar-refractivity contribution is 6.34. The minimum atomic E-state index is -0.424. The van der Waals surface area contributed by atoms with Gasteiger partial charge in [-0.25, -0.2) is 9.97 Å². The summed E-state index contributed by atoms with van der Waals surface area (Å²) < 4.78 is 0. The molecule has 0 aliphatic heterocycles. The number of amides is 1. The van der Waals surface area contributed by atoms with E-state index in [0.717, 1.165) is 0 Å². The third-order valence-corrected chi connectivity index (χ3v) is 2.37. The first-order valence-corrected chi connectivity index (χ1v) is 5.37. The Morgan fingerprint density at radius 1 is 1.33 bits per heavy atom. The number of pyridine rings is 1. The van der Waals surface area contributed by atoms with Crippen LogP contribution in [0.5, 0.6) is 0 Å². The van der Waals surface area contributed by atoms with Gasteiger partial charge in [0.2, 0.25) is 5.95 Å². The normalized spacial score (nSPS) is 9.89. The maximum absolute atomic E-state index is 11.9. The molecule has 0 unspecified atom stereocenters. The van der Waals surface area contributed by atoms with Gasteiger partial charge in [-0.15, -0.1) is 5.10 Å². The zero-order valence-corrected chi connectivity index (χ0v) is 10.1. The van der Waals surface area contributed by atoms with Crippen molar-refractivity contribution in [2.24, 2.45) is 0 Å². The molecule has 2 N–H and O–H groups in total. The Kier molecular flexibility index (Phi) is 3.63. The highest BCUT2D eigenvalue weighted by Gasteiger charge is 2.13. The van der Waals surface area contributed by atoms with Crippen LogP contribution in [0, 0.1) is 0 Å². The molecule has 0 aromatic carbocycles. The standard InChI is InChI=1S/C10H9ClN6O/c1-12-8-4-6(7(11)5-14-8)9(18)16-10-13-2-3-15-17-10/h2-5H,1H3,(H,12,14)(H,13,16,17,18). The molecule has 7 nitrogen and oxygen atoms in total. The van der Waals surface area contributed by atoms with Gasteiger partial charge >= 0.3 is 0 Å². The number of anilines is 2. The Bertz CT molecular complexity index is 562. The molecule has 92 valence electrons. The van der Waals surface area contributed by atoms with Gasteiger partial charge in [-0.2, -0.15) is 5.10 Å². The first-order chi connectivity index (χ1) is 8.70. The SMILES string of the molecule is CNc1cc(C(=O)Nc2nccnn2)c(Cl)cn1. The lowest BCUT2D eigenvalue weighted by Gasteiger charge is -2.06. The summed E-state index contributed by atoms with van der Waals surface area (Å²) in [4.78, 5) is 19.8. The first kappa shape index (κ1) is 12.2. The van der Waals surface area contributed by atoms with Crippen molar-refractivity contribution in [3.63, 3.8) is 0 Å². The molecule has 18 heavy (non-hydrogen) atoms. The van der Waals surface area contributed by atoms with Gasteiger partial charge < -0.3 is 5.32 Å². The number of rotatable bonds is 3. The number of nitrogens with zero attached hydrogens (tertiary/aromatic N) is 4. The maximum atomic E-state index is 11.9. The molecule has 0 aliphatic carbocycles. The lowest BCUT2D eigenvalue weighted by molar-refractivity contribution is 0.102. The maximum Gasteiger partial charge on any atom is 0.259 e. The summed E-state index contributed by atoms with van der Waals surface area (Å²) in [5, 5.41) is 12.8. The molecule has 0 bridgehead atoms. The largest absolute Gasteiger partial charge is 0.373 e. The lowest BCUT2D eigenvalue weighted by atomic mass is 10.2. The highest BCUT2D eigenvalue weighted by Crippen LogP contribution is 2.18. The van der Waals surface area contributed by atoms with E-state index in [-0.39, 0.29) is 16.5 Å². The number of hydrogen-bond acceptors (Lipinski definition) is 6. The van der Waals surface area contributed by atoms with E-state index in [2.05, 4.69) is 30.8 Å². The van der Waals surface area contributed by atoms with E-state index in [1.165, 1.54) is 24.7 Å². The summed E-state index contributed by atoms with van der Waals surface area (Å²) in [5.41, 5.74) is 0.281. The van der Waals surface area contributed by atoms with E-state index in [0.29, 0.717) is 5.82 Å². The van der Waals surface area contributed by atoms with Crippen LogP contribution >= 0.6 is 11.6 Å². The van der Waals surface area contributed by atoms with E-state index in [1.807, 2.05) is 0 Å². The van der Waals surface area contributed by atoms with Crippen LogP contribution < -0.4 is 10.6 Å². The van der Waals surface area contributed by atoms with Crippen molar-refractivity contribution < 1.29 is 4.79 Å². The van der Waals surface area contributed by atoms with Gasteiger partial charge in [0.1, 0.15) is 5.82 Å². The Morgan fingerprint density at radius 2 is 2.17 bits per heavy atom. The summed E-state index contributed by atoms with van der Waals surface area (Å²) in [6, 6.07) is 1.54. The summed E-state index contributed by atoms with van der Waals surface area (Å²) in [6.45, 7) is 0. The first-order valence-electron chi connectivity index (χ1n) is 4.99. The van der Waals surface area contributed by atoms with Gasteiger partial charge in [0.05, 0.1) is 23.0 Å². The second-order valence-corrected chi connectivity index (χ2v) is 3.63. The van der Waals surface area contributed by atoms with Crippen LogP contribution in [-0.4, -0.2) is 33.1 Å². The Hall–Kier alpha value is -2.28. The topological polar surface area (TPSA) is 92.7 Å². The fourth-order valence-corrected chi connectivity index (χ4v) is 1.41. The van der Waals surface area contributed by atoms with Crippen molar-refractivity contribution in [3.8, 4) is 0 Å². The summed E-state index contributed by atoms with van der Waals surface area (Å²) in [6.07, 6.45) is 4.23. The van der Waals surface area contributed by atoms with Gasteiger partial charge in [-0.05, 0) is 6.07 Å². The molecule has 2 rings (SSSR count). The minimum absolute atomic E-state index is 0.112. The average Bonchev–Trinajstić information content (AvgIpc) is 2.40. The van der Waals surface area contributed by atoms with Crippen LogP contribution in [0.3, 0.4) is 0 Å². The number of hydrogen-bond donors (Lipinski definition) is 2. The van der Waals surface area contributed by atoms with E-state index in [1.54, 1.807) is 7.05 Å². The number of carbonyl (C=O) groups is 1. The zero-order chi connectivity index (χ0) is 13.0. The predicted octanol–water partition coefficient (Wildman–Crippen LogP) is 1.21. The number of halogens is 1. The van der Waals surface area contributed by atoms with Crippen LogP contribution in [-0.2, 0) is 0 Å². The summed E-state index contributed by atoms with van der Waals surface area (Å²) >= 11 is 5.91. The third-order valence-electron chi connectivity index (χ3n) is 2.06. The van der Waals surface area contributed by atoms with Gasteiger partial charge in [-0.1, -0.05) is 11.6 Å². The van der Waals surface area contributed by atoms with Crippen molar-refractivity contribution in [2.45, 2.75) is 0 Å². The summed E-state index contributed by atoms with van der Waals surface area (Å²) in [7, 11) is 1.70. The molecule has 8 heteroatoms. The molecule has 0 spiro atoms. The van der Waals surface area contributed by atoms with Crippen LogP contribution in [0.4, 0.5) is 11.8 Å². The predicted molar refractivity (Wildman–Crippen MR) is 66.6 cm³/mol. The second-order valence-electron chi connectivity index (χ2n) is 3.22. The van der Waals surface area contributed by atoms with Gasteiger partial charge in [0, 0.05) is 13.2 Å². The van der Waals surface area contributed by atoms with Crippen LogP contribution in [0.15, 0.2) is 24.7 Å². The number of carbonyl (C=O) groups excluding carboxylic acids is 1. The molecule has 0 aliphatic rings. The molecule has 0 saturated carbocycles. The molecular formula is C10H9ClN6O. The molecule has 0 saturated heterocycles. The van der Waals surface area contributed by atoms with Crippen molar-refractivity contribution >= 4 is 29.3 Å². The Morgan fingerprint density at radius 3 is 2.83 bits per heavy atom. The Labute approximate surface area is 108 Å². The van der Waals surface area contributed by atoms with E-state index < -0.39 is 5.91 Å². The van der Waals surface area contributed by atoms with E-state index in [9.17, 15) is 4.79 Å². The highest BCUT2D eigenvalue weighted by atomic mass is 35.5. The van der Waals surface area contributed by atoms with Crippen LogP contribution in [0.2, 0.25) is 5.02 Å². The molecule has 0 fully saturated rings. The molecule has 2 aromatic rings. The van der Waals surface area contributed by atoms with Gasteiger partial charge in [0.25, 0.3) is 5.91 Å². The second kappa shape index (κ2) is 5.37. The van der Waals surface area contributed by atoms with Crippen molar-refractivity contribution in [3.05, 3.63) is 35.2 Å². The van der Waals surface area contributed by atoms with Crippen LogP contribution in [0.1, 0.15) is 10.4 Å². The third kappa shape index (κ3) is 2.69. The lowest BCUT2D eigenvalue weighted by Crippen LogP contribution is -2.15. The van der Waals surface area contributed by atoms with Crippen molar-refractivity contribution in [1.82, 2.24) is 20.2 Å². The zero-order valence-electron chi connectivity index (χ0n) is 9.38. The molecule has 0 radical (unpaired) electrons. The molecule has 2 aromatic heterocycles. The van der Waals surface area contributed by atoms with Gasteiger partial charge in [-0.3, -0.25) is 10.1 Å². The fourth-order valence-electron chi connectivity index (χ4n) is 1.22. The minimum Gasteiger partial charge on any atom is -0.373 e. The van der Waals surface area contributed by atoms with Gasteiger partial charge in [0.15, 0.2) is 0 Å². The van der Waals surface area contributed by atoms with E-state index in [4.69, 9.17) is 11.6 Å². The molecule has 1 amide bonds. The monoisotopic (exact) mass is 264 g/mol. The van der Waals surface area contributed by atoms with Crippen molar-refractivity contribution in [1.29, 1.82) is 0 Å². The fraction of sp³-hybridized carbons (Fsp3) is 0.100. The Balaban J connectivity index is 2.23. The molecule has 2 heterocycles. The quantitative estimate of drug-likeness (QED) is 0.866. The molecule has 0 atom stereocenters. The van der Waals surface area contributed by atoms with E-state index >= 15 is 0 Å². The smallest absolute Gasteiger partial charge is 0.259 e. The van der Waals surface area contributed by atoms with Crippen LogP contribution in [0.25, 0.3) is 0 Å². The molecular weight excluding hydrogens is 256 g/mol. The number of nitrogens with one attached hydrogen (secondary N) is 2. The number of aromatic nitrogens is 4. The van der Waals surface area contributed by atoms with Crippen molar-refractivity contribution in [2.75, 3.05) is 17.7 Å². The average molecular weight is 265 g/mol.